The minimum Gasteiger partial charge on any atom is -0.481 e. The van der Waals surface area contributed by atoms with Crippen molar-refractivity contribution >= 4 is 23.6 Å². The maximum atomic E-state index is 12.4. The number of nitrogens with zero attached hydrogens (tertiary/aromatic N) is 3. The van der Waals surface area contributed by atoms with Crippen LogP contribution < -0.4 is 15.4 Å². The van der Waals surface area contributed by atoms with E-state index in [1.807, 2.05) is 31.3 Å². The minimum atomic E-state index is -0.634. The Morgan fingerprint density at radius 1 is 1.21 bits per heavy atom. The van der Waals surface area contributed by atoms with Crippen molar-refractivity contribution < 1.29 is 14.3 Å². The van der Waals surface area contributed by atoms with Crippen molar-refractivity contribution in [1.82, 2.24) is 25.4 Å². The highest BCUT2D eigenvalue weighted by Crippen LogP contribution is 2.24. The van der Waals surface area contributed by atoms with Gasteiger partial charge in [-0.2, -0.15) is 0 Å². The summed E-state index contributed by atoms with van der Waals surface area (Å²) >= 11 is 1.35. The minimum absolute atomic E-state index is 0.0227. The van der Waals surface area contributed by atoms with Gasteiger partial charge < -0.3 is 19.9 Å². The number of thioether (sulfide) groups is 1. The number of carbonyl (C=O) groups excluding carboxylic acids is 2. The maximum absolute atomic E-state index is 12.4. The second-order valence-electron chi connectivity index (χ2n) is 8.66. The highest BCUT2D eigenvalue weighted by Gasteiger charge is 2.23. The first-order valence-electron chi connectivity index (χ1n) is 11.7. The van der Waals surface area contributed by atoms with E-state index in [4.69, 9.17) is 4.74 Å². The fourth-order valence-electron chi connectivity index (χ4n) is 3.91. The molecule has 33 heavy (non-hydrogen) atoms. The first-order chi connectivity index (χ1) is 15.9. The Labute approximate surface area is 200 Å². The fourth-order valence-corrected chi connectivity index (χ4v) is 4.65. The molecule has 0 radical (unpaired) electrons. The summed E-state index contributed by atoms with van der Waals surface area (Å²) in [6.45, 7) is 6.24. The number of carbonyl (C=O) groups is 2. The lowest BCUT2D eigenvalue weighted by molar-refractivity contribution is -0.127. The molecule has 3 atom stereocenters. The van der Waals surface area contributed by atoms with Gasteiger partial charge in [-0.1, -0.05) is 50.6 Å². The van der Waals surface area contributed by atoms with Crippen molar-refractivity contribution in [1.29, 1.82) is 0 Å². The molecule has 0 saturated heterocycles. The molecule has 1 fully saturated rings. The van der Waals surface area contributed by atoms with Crippen LogP contribution in [-0.2, 0) is 29.6 Å². The summed E-state index contributed by atoms with van der Waals surface area (Å²) in [7, 11) is 1.83. The largest absolute Gasteiger partial charge is 0.481 e. The highest BCUT2D eigenvalue weighted by molar-refractivity contribution is 7.99. The number of hydrogen-bond donors (Lipinski definition) is 2. The predicted octanol–water partition coefficient (Wildman–Crippen LogP) is 3.25. The molecule has 8 nitrogen and oxygen atoms in total. The Hall–Kier alpha value is -2.55. The lowest BCUT2D eigenvalue weighted by atomic mass is 9.86. The van der Waals surface area contributed by atoms with E-state index in [1.54, 1.807) is 11.5 Å². The van der Waals surface area contributed by atoms with Gasteiger partial charge in [-0.05, 0) is 49.8 Å². The summed E-state index contributed by atoms with van der Waals surface area (Å²) in [6, 6.07) is 8.01. The third kappa shape index (κ3) is 7.22. The number of amides is 2. The van der Waals surface area contributed by atoms with E-state index < -0.39 is 6.10 Å². The van der Waals surface area contributed by atoms with Crippen molar-refractivity contribution in [3.63, 3.8) is 0 Å². The van der Waals surface area contributed by atoms with Crippen LogP contribution in [0, 0.1) is 5.92 Å². The number of ether oxygens (including phenoxy) is 1. The molecule has 9 heteroatoms. The molecule has 1 heterocycles. The van der Waals surface area contributed by atoms with Gasteiger partial charge >= 0.3 is 0 Å². The van der Waals surface area contributed by atoms with Gasteiger partial charge in [-0.25, -0.2) is 0 Å². The van der Waals surface area contributed by atoms with Crippen LogP contribution in [0.25, 0.3) is 0 Å². The van der Waals surface area contributed by atoms with E-state index >= 15 is 0 Å². The Balaban J connectivity index is 1.43. The second-order valence-corrected chi connectivity index (χ2v) is 9.60. The average molecular weight is 474 g/mol. The van der Waals surface area contributed by atoms with E-state index in [9.17, 15) is 9.59 Å². The van der Waals surface area contributed by atoms with Crippen LogP contribution >= 0.6 is 11.8 Å². The van der Waals surface area contributed by atoms with Crippen molar-refractivity contribution in [2.45, 2.75) is 76.7 Å². The summed E-state index contributed by atoms with van der Waals surface area (Å²) in [5, 5.41) is 15.0. The molecule has 2 N–H and O–H groups in total. The number of benzene rings is 1. The van der Waals surface area contributed by atoms with Gasteiger partial charge in [-0.15, -0.1) is 10.2 Å². The smallest absolute Gasteiger partial charge is 0.261 e. The van der Waals surface area contributed by atoms with Gasteiger partial charge in [0.15, 0.2) is 17.1 Å². The van der Waals surface area contributed by atoms with Crippen LogP contribution in [-0.4, -0.2) is 44.5 Å². The van der Waals surface area contributed by atoms with Gasteiger partial charge in [0.05, 0.1) is 12.3 Å². The second kappa shape index (κ2) is 12.1. The Morgan fingerprint density at radius 3 is 2.64 bits per heavy atom. The number of rotatable bonds is 10. The number of aryl methyl sites for hydroxylation is 1. The predicted molar refractivity (Wildman–Crippen MR) is 129 cm³/mol. The molecule has 1 saturated carbocycles. The molecule has 0 unspecified atom stereocenters. The van der Waals surface area contributed by atoms with Gasteiger partial charge in [0.25, 0.3) is 5.91 Å². The normalized spacial score (nSPS) is 19.0. The topological polar surface area (TPSA) is 98.1 Å². The molecule has 2 amide bonds. The van der Waals surface area contributed by atoms with Crippen molar-refractivity contribution in [3.05, 3.63) is 35.7 Å². The number of nitrogens with one attached hydrogen (secondary N) is 2. The molecule has 0 spiro atoms. The summed E-state index contributed by atoms with van der Waals surface area (Å²) in [6.07, 6.45) is 4.97. The highest BCUT2D eigenvalue weighted by atomic mass is 32.2. The molecule has 0 bridgehead atoms. The third-order valence-corrected chi connectivity index (χ3v) is 7.17. The fraction of sp³-hybridized carbons (Fsp3) is 0.583. The average Bonchev–Trinajstić information content (AvgIpc) is 3.17. The van der Waals surface area contributed by atoms with Crippen LogP contribution in [0.5, 0.6) is 5.75 Å². The summed E-state index contributed by atoms with van der Waals surface area (Å²) in [4.78, 5) is 24.8. The van der Waals surface area contributed by atoms with E-state index in [1.165, 1.54) is 36.6 Å². The Morgan fingerprint density at radius 2 is 1.94 bits per heavy atom. The van der Waals surface area contributed by atoms with Crippen LogP contribution in [0.3, 0.4) is 0 Å². The van der Waals surface area contributed by atoms with Crippen LogP contribution in [0.15, 0.2) is 29.4 Å². The number of aromatic nitrogens is 3. The quantitative estimate of drug-likeness (QED) is 0.514. The molecule has 1 aliphatic carbocycles. The molecular formula is C24H35N5O3S. The van der Waals surface area contributed by atoms with Gasteiger partial charge in [-0.3, -0.25) is 9.59 Å². The van der Waals surface area contributed by atoms with Crippen LogP contribution in [0.1, 0.15) is 57.8 Å². The zero-order chi connectivity index (χ0) is 23.8. The molecule has 1 aromatic heterocycles. The van der Waals surface area contributed by atoms with E-state index in [0.717, 1.165) is 12.8 Å². The lowest BCUT2D eigenvalue weighted by Gasteiger charge is -2.29. The van der Waals surface area contributed by atoms with Crippen molar-refractivity contribution in [3.8, 4) is 5.75 Å². The van der Waals surface area contributed by atoms with Crippen molar-refractivity contribution in [2.75, 3.05) is 5.75 Å². The molecule has 3 rings (SSSR count). The standard InChI is InChI=1S/C24H35N5O3S/c1-5-18-10-12-19(13-11-18)32-17(3)23(31)25-14-21-27-28-24(29(21)4)33-15-22(30)26-20-9-7-6-8-16(20)2/h10-13,16-17,20H,5-9,14-15H2,1-4H3,(H,25,31)(H,26,30)/t16-,17+,20+/m0/s1. The molecule has 180 valence electrons. The molecule has 1 aliphatic rings. The van der Waals surface area contributed by atoms with Gasteiger partial charge in [0.2, 0.25) is 5.91 Å². The van der Waals surface area contributed by atoms with Crippen LogP contribution in [0.4, 0.5) is 0 Å². The van der Waals surface area contributed by atoms with Gasteiger partial charge in [0, 0.05) is 13.1 Å². The summed E-state index contributed by atoms with van der Waals surface area (Å²) in [5.74, 6) is 1.89. The van der Waals surface area contributed by atoms with Crippen molar-refractivity contribution in [2.24, 2.45) is 13.0 Å². The third-order valence-electron chi connectivity index (χ3n) is 6.15. The lowest BCUT2D eigenvalue weighted by Crippen LogP contribution is -2.41. The number of hydrogen-bond acceptors (Lipinski definition) is 6. The molecule has 0 aliphatic heterocycles. The zero-order valence-corrected chi connectivity index (χ0v) is 20.8. The van der Waals surface area contributed by atoms with E-state index in [-0.39, 0.29) is 24.4 Å². The van der Waals surface area contributed by atoms with Crippen LogP contribution in [0.2, 0.25) is 0 Å². The molecule has 2 aromatic rings. The maximum Gasteiger partial charge on any atom is 0.261 e. The van der Waals surface area contributed by atoms with E-state index in [2.05, 4.69) is 34.7 Å². The summed E-state index contributed by atoms with van der Waals surface area (Å²) in [5.41, 5.74) is 1.22. The van der Waals surface area contributed by atoms with Gasteiger partial charge in [0.1, 0.15) is 5.75 Å². The zero-order valence-electron chi connectivity index (χ0n) is 20.0. The van der Waals surface area contributed by atoms with E-state index in [0.29, 0.717) is 28.4 Å². The monoisotopic (exact) mass is 473 g/mol. The Kier molecular flexibility index (Phi) is 9.17. The first kappa shape index (κ1) is 25.1. The Bertz CT molecular complexity index is 931. The first-order valence-corrected chi connectivity index (χ1v) is 12.7. The summed E-state index contributed by atoms with van der Waals surface area (Å²) < 4.78 is 7.53. The molecule has 1 aromatic carbocycles. The molecular weight excluding hydrogens is 438 g/mol. The SMILES string of the molecule is CCc1ccc(O[C@H](C)C(=O)NCc2nnc(SCC(=O)N[C@@H]3CCCC[C@@H]3C)n2C)cc1.